The maximum Gasteiger partial charge on any atom is 0.280 e. The third-order valence-corrected chi connectivity index (χ3v) is 6.33. The van der Waals surface area contributed by atoms with Gasteiger partial charge in [-0.15, -0.1) is 0 Å². The van der Waals surface area contributed by atoms with E-state index in [4.69, 9.17) is 14.5 Å². The van der Waals surface area contributed by atoms with Crippen LogP contribution in [0.25, 0.3) is 5.65 Å². The zero-order valence-electron chi connectivity index (χ0n) is 18.1. The quantitative estimate of drug-likeness (QED) is 0.497. The van der Waals surface area contributed by atoms with E-state index in [1.807, 2.05) is 36.7 Å². The number of hydrogen-bond donors (Lipinski definition) is 0. The minimum absolute atomic E-state index is 0.0124. The second-order valence-electron chi connectivity index (χ2n) is 9.03. The van der Waals surface area contributed by atoms with Crippen molar-refractivity contribution < 1.29 is 23.0 Å². The number of alkyl halides is 2. The Balaban J connectivity index is 1.49. The van der Waals surface area contributed by atoms with Gasteiger partial charge in [-0.2, -0.15) is 0 Å². The summed E-state index contributed by atoms with van der Waals surface area (Å²) in [6, 6.07) is 5.94. The Hall–Kier alpha value is -2.87. The van der Waals surface area contributed by atoms with Crippen molar-refractivity contribution in [2.75, 3.05) is 6.61 Å². The van der Waals surface area contributed by atoms with Crippen LogP contribution in [0.3, 0.4) is 0 Å². The molecule has 4 heterocycles. The first kappa shape index (κ1) is 21.0. The Morgan fingerprint density at radius 3 is 2.81 bits per heavy atom. The first-order valence-electron chi connectivity index (χ1n) is 10.9. The first-order valence-corrected chi connectivity index (χ1v) is 10.9. The highest BCUT2D eigenvalue weighted by Crippen LogP contribution is 2.47. The predicted molar refractivity (Wildman–Crippen MR) is 113 cm³/mol. The van der Waals surface area contributed by atoms with Crippen LogP contribution in [0.4, 0.5) is 8.78 Å². The number of ether oxygens (including phenoxy) is 2. The highest BCUT2D eigenvalue weighted by atomic mass is 19.3. The van der Waals surface area contributed by atoms with E-state index in [0.29, 0.717) is 24.0 Å². The van der Waals surface area contributed by atoms with Crippen molar-refractivity contribution in [2.45, 2.75) is 63.6 Å². The molecule has 0 spiro atoms. The fraction of sp³-hybridized carbons (Fsp3) is 0.458. The monoisotopic (exact) mass is 441 g/mol. The molecule has 2 unspecified atom stereocenters. The lowest BCUT2D eigenvalue weighted by Crippen LogP contribution is -2.25. The van der Waals surface area contributed by atoms with E-state index in [-0.39, 0.29) is 29.4 Å². The van der Waals surface area contributed by atoms with Gasteiger partial charge < -0.3 is 13.9 Å². The second-order valence-corrected chi connectivity index (χ2v) is 9.03. The molecule has 5 rings (SSSR count). The number of pyridine rings is 2. The molecule has 32 heavy (non-hydrogen) atoms. The molecular formula is C24H25F2N3O3. The Morgan fingerprint density at radius 2 is 2.16 bits per heavy atom. The summed E-state index contributed by atoms with van der Waals surface area (Å²) < 4.78 is 39.7. The number of nitrogens with zero attached hydrogens (tertiary/aromatic N) is 3. The maximum atomic E-state index is 13.0. The van der Waals surface area contributed by atoms with Crippen LogP contribution in [0, 0.1) is 0 Å². The number of ketones is 1. The molecule has 2 bridgehead atoms. The number of Topliss-reactive ketones (excluding diaryl/α,β-unsaturated/α-hetero) is 1. The van der Waals surface area contributed by atoms with Gasteiger partial charge in [0, 0.05) is 35.9 Å². The highest BCUT2D eigenvalue weighted by molar-refractivity contribution is 5.96. The zero-order chi connectivity index (χ0) is 22.5. The van der Waals surface area contributed by atoms with Gasteiger partial charge >= 0.3 is 0 Å². The molecule has 168 valence electrons. The molecular weight excluding hydrogens is 416 g/mol. The Labute approximate surface area is 184 Å². The molecule has 1 saturated carbocycles. The van der Waals surface area contributed by atoms with Crippen molar-refractivity contribution in [1.29, 1.82) is 0 Å². The Kier molecular flexibility index (Phi) is 5.20. The number of halogens is 2. The standard InChI is InChI=1S/C24H25F2N3O3/c1-14(2)32-20-9-22-28-21(24-7-6-16(10-24)31-13-24)12-29(22)11-15(20)8-19(30)17-4-3-5-18(27-17)23(25)26/h3-5,9,11-12,14,16,23H,6-8,10,13H2,1-2H3. The molecule has 3 aromatic rings. The van der Waals surface area contributed by atoms with Crippen LogP contribution in [-0.4, -0.2) is 39.0 Å². The van der Waals surface area contributed by atoms with Gasteiger partial charge in [0.05, 0.1) is 24.5 Å². The lowest BCUT2D eigenvalue weighted by molar-refractivity contribution is 0.0692. The van der Waals surface area contributed by atoms with Gasteiger partial charge in [0.1, 0.15) is 22.8 Å². The second kappa shape index (κ2) is 7.92. The number of rotatable bonds is 7. The van der Waals surface area contributed by atoms with Crippen LogP contribution in [-0.2, 0) is 16.6 Å². The highest BCUT2D eigenvalue weighted by Gasteiger charge is 2.48. The average Bonchev–Trinajstić information content (AvgIpc) is 3.48. The number of carbonyl (C=O) groups excluding carboxylic acids is 1. The van der Waals surface area contributed by atoms with Gasteiger partial charge in [0.25, 0.3) is 6.43 Å². The van der Waals surface area contributed by atoms with Crippen molar-refractivity contribution in [3.63, 3.8) is 0 Å². The molecule has 2 fully saturated rings. The maximum absolute atomic E-state index is 13.0. The number of imidazole rings is 1. The fourth-order valence-electron chi connectivity index (χ4n) is 4.74. The van der Waals surface area contributed by atoms with Gasteiger partial charge in [-0.3, -0.25) is 4.79 Å². The van der Waals surface area contributed by atoms with E-state index in [0.717, 1.165) is 30.6 Å². The zero-order valence-corrected chi connectivity index (χ0v) is 18.1. The van der Waals surface area contributed by atoms with Gasteiger partial charge in [-0.25, -0.2) is 18.7 Å². The Morgan fingerprint density at radius 1 is 1.31 bits per heavy atom. The summed E-state index contributed by atoms with van der Waals surface area (Å²) in [5.41, 5.74) is 1.98. The fourth-order valence-corrected chi connectivity index (χ4v) is 4.74. The number of aromatic nitrogens is 3. The normalized spacial score (nSPS) is 22.4. The van der Waals surface area contributed by atoms with Crippen LogP contribution in [0.2, 0.25) is 0 Å². The van der Waals surface area contributed by atoms with Crippen LogP contribution >= 0.6 is 0 Å². The molecule has 6 nitrogen and oxygen atoms in total. The van der Waals surface area contributed by atoms with Crippen LogP contribution in [0.15, 0.2) is 36.7 Å². The molecule has 1 aliphatic carbocycles. The smallest absolute Gasteiger partial charge is 0.280 e. The van der Waals surface area contributed by atoms with E-state index < -0.39 is 12.1 Å². The number of fused-ring (bicyclic) bond motifs is 3. The van der Waals surface area contributed by atoms with Gasteiger partial charge in [-0.1, -0.05) is 6.07 Å². The molecule has 0 N–H and O–H groups in total. The van der Waals surface area contributed by atoms with Gasteiger partial charge in [-0.05, 0) is 45.2 Å². The van der Waals surface area contributed by atoms with Crippen molar-refractivity contribution in [1.82, 2.24) is 14.4 Å². The Bertz CT molecular complexity index is 1170. The van der Waals surface area contributed by atoms with Gasteiger partial charge in [0.2, 0.25) is 0 Å². The van der Waals surface area contributed by atoms with Crippen molar-refractivity contribution >= 4 is 11.4 Å². The summed E-state index contributed by atoms with van der Waals surface area (Å²) >= 11 is 0. The van der Waals surface area contributed by atoms with E-state index in [9.17, 15) is 13.6 Å². The molecule has 1 aliphatic heterocycles. The van der Waals surface area contributed by atoms with Crippen LogP contribution < -0.4 is 4.74 Å². The molecule has 2 atom stereocenters. The van der Waals surface area contributed by atoms with E-state index in [1.54, 1.807) is 0 Å². The van der Waals surface area contributed by atoms with Gasteiger partial charge in [0.15, 0.2) is 5.78 Å². The molecule has 8 heteroatoms. The SMILES string of the molecule is CC(C)Oc1cc2nc(C34CCC(C3)OC4)cn2cc1CC(=O)c1cccc(C(F)F)n1. The summed E-state index contributed by atoms with van der Waals surface area (Å²) in [5, 5.41) is 0. The summed E-state index contributed by atoms with van der Waals surface area (Å²) in [6.07, 6.45) is 4.45. The molecule has 0 radical (unpaired) electrons. The third-order valence-electron chi connectivity index (χ3n) is 6.33. The molecule has 0 aromatic carbocycles. The lowest BCUT2D eigenvalue weighted by atomic mass is 9.85. The molecule has 0 amide bonds. The van der Waals surface area contributed by atoms with Crippen LogP contribution in [0.5, 0.6) is 5.75 Å². The predicted octanol–water partition coefficient (Wildman–Crippen LogP) is 4.70. The van der Waals surface area contributed by atoms with E-state index >= 15 is 0 Å². The average molecular weight is 441 g/mol. The lowest BCUT2D eigenvalue weighted by Gasteiger charge is -2.22. The molecule has 2 aliphatic rings. The minimum atomic E-state index is -2.72. The summed E-state index contributed by atoms with van der Waals surface area (Å²) in [4.78, 5) is 21.6. The van der Waals surface area contributed by atoms with E-state index in [2.05, 4.69) is 4.98 Å². The summed E-state index contributed by atoms with van der Waals surface area (Å²) in [6.45, 7) is 4.51. The molecule has 1 saturated heterocycles. The topological polar surface area (TPSA) is 65.7 Å². The summed E-state index contributed by atoms with van der Waals surface area (Å²) in [5.74, 6) is 0.217. The minimum Gasteiger partial charge on any atom is -0.491 e. The number of carbonyl (C=O) groups is 1. The van der Waals surface area contributed by atoms with Crippen molar-refractivity contribution in [3.05, 3.63) is 59.3 Å². The van der Waals surface area contributed by atoms with E-state index in [1.165, 1.54) is 18.2 Å². The van der Waals surface area contributed by atoms with Crippen molar-refractivity contribution in [2.24, 2.45) is 0 Å². The number of hydrogen-bond acceptors (Lipinski definition) is 5. The third kappa shape index (κ3) is 3.77. The first-order chi connectivity index (χ1) is 15.3. The van der Waals surface area contributed by atoms with Crippen molar-refractivity contribution in [3.8, 4) is 5.75 Å². The van der Waals surface area contributed by atoms with Crippen LogP contribution in [0.1, 0.15) is 67.0 Å². The summed E-state index contributed by atoms with van der Waals surface area (Å²) in [7, 11) is 0. The molecule has 3 aromatic heterocycles. The largest absolute Gasteiger partial charge is 0.491 e.